The first-order valence-corrected chi connectivity index (χ1v) is 4.58. The molecule has 0 amide bonds. The van der Waals surface area contributed by atoms with Crippen molar-refractivity contribution in [3.63, 3.8) is 0 Å². The van der Waals surface area contributed by atoms with Crippen LogP contribution in [-0.4, -0.2) is 11.1 Å². The molecule has 13 heavy (non-hydrogen) atoms. The molecule has 0 saturated heterocycles. The van der Waals surface area contributed by atoms with E-state index in [1.165, 1.54) is 0 Å². The van der Waals surface area contributed by atoms with E-state index in [1.54, 1.807) is 6.20 Å². The van der Waals surface area contributed by atoms with E-state index in [-0.39, 0.29) is 6.10 Å². The van der Waals surface area contributed by atoms with E-state index in [1.807, 2.05) is 19.1 Å². The maximum atomic E-state index is 5.61. The van der Waals surface area contributed by atoms with Gasteiger partial charge in [0.2, 0.25) is 0 Å². The molecule has 0 aliphatic carbocycles. The molecular weight excluding hydrogens is 164 g/mol. The van der Waals surface area contributed by atoms with Crippen molar-refractivity contribution in [3.8, 4) is 5.75 Å². The highest BCUT2D eigenvalue weighted by Crippen LogP contribution is 2.13. The topological polar surface area (TPSA) is 48.1 Å². The van der Waals surface area contributed by atoms with Gasteiger partial charge in [-0.1, -0.05) is 6.92 Å². The van der Waals surface area contributed by atoms with Crippen molar-refractivity contribution in [2.45, 2.75) is 32.9 Å². The summed E-state index contributed by atoms with van der Waals surface area (Å²) in [5.74, 6) is 0.852. The fourth-order valence-electron chi connectivity index (χ4n) is 0.957. The van der Waals surface area contributed by atoms with Crippen molar-refractivity contribution in [2.24, 2.45) is 5.73 Å². The second-order valence-corrected chi connectivity index (χ2v) is 3.02. The van der Waals surface area contributed by atoms with Crippen molar-refractivity contribution < 1.29 is 4.74 Å². The summed E-state index contributed by atoms with van der Waals surface area (Å²) in [6, 6.07) is 3.73. The molecule has 1 rings (SSSR count). The van der Waals surface area contributed by atoms with Gasteiger partial charge >= 0.3 is 0 Å². The number of hydrogen-bond donors (Lipinski definition) is 1. The molecule has 0 bridgehead atoms. The lowest BCUT2D eigenvalue weighted by Gasteiger charge is -2.12. The standard InChI is InChI=1S/C10H16N2O/c1-3-8(2)13-10-4-5-12-9(6-10)7-11/h4-6,8H,3,7,11H2,1-2H3. The van der Waals surface area contributed by atoms with Crippen LogP contribution < -0.4 is 10.5 Å². The Kier molecular flexibility index (Phi) is 3.71. The predicted octanol–water partition coefficient (Wildman–Crippen LogP) is 1.72. The van der Waals surface area contributed by atoms with Gasteiger partial charge in [-0.3, -0.25) is 4.98 Å². The Balaban J connectivity index is 2.66. The van der Waals surface area contributed by atoms with Crippen LogP contribution in [-0.2, 0) is 6.54 Å². The van der Waals surface area contributed by atoms with E-state index >= 15 is 0 Å². The number of nitrogens with zero attached hydrogens (tertiary/aromatic N) is 1. The van der Waals surface area contributed by atoms with Gasteiger partial charge in [-0.15, -0.1) is 0 Å². The molecule has 1 atom stereocenters. The zero-order valence-corrected chi connectivity index (χ0v) is 8.16. The summed E-state index contributed by atoms with van der Waals surface area (Å²) in [7, 11) is 0. The summed E-state index contributed by atoms with van der Waals surface area (Å²) in [4.78, 5) is 4.09. The minimum Gasteiger partial charge on any atom is -0.491 e. The molecular formula is C10H16N2O. The first-order chi connectivity index (χ1) is 6.26. The van der Waals surface area contributed by atoms with E-state index in [2.05, 4.69) is 11.9 Å². The quantitative estimate of drug-likeness (QED) is 0.767. The summed E-state index contributed by atoms with van der Waals surface area (Å²) in [6.07, 6.45) is 2.97. The minimum atomic E-state index is 0.244. The maximum Gasteiger partial charge on any atom is 0.123 e. The molecule has 72 valence electrons. The lowest BCUT2D eigenvalue weighted by Crippen LogP contribution is -2.10. The Morgan fingerprint density at radius 1 is 1.62 bits per heavy atom. The van der Waals surface area contributed by atoms with Crippen LogP contribution in [0.1, 0.15) is 26.0 Å². The minimum absolute atomic E-state index is 0.244. The molecule has 0 saturated carbocycles. The smallest absolute Gasteiger partial charge is 0.123 e. The van der Waals surface area contributed by atoms with Gasteiger partial charge in [0.1, 0.15) is 5.75 Å². The molecule has 0 fully saturated rings. The zero-order chi connectivity index (χ0) is 9.68. The third kappa shape index (κ3) is 3.03. The van der Waals surface area contributed by atoms with Crippen LogP contribution in [0.2, 0.25) is 0 Å². The fourth-order valence-corrected chi connectivity index (χ4v) is 0.957. The lowest BCUT2D eigenvalue weighted by atomic mass is 10.3. The number of ether oxygens (including phenoxy) is 1. The second kappa shape index (κ2) is 4.82. The van der Waals surface area contributed by atoms with Crippen molar-refractivity contribution in [1.82, 2.24) is 4.98 Å². The molecule has 0 aliphatic rings. The van der Waals surface area contributed by atoms with Crippen molar-refractivity contribution in [2.75, 3.05) is 0 Å². The van der Waals surface area contributed by atoms with Gasteiger partial charge in [-0.05, 0) is 19.4 Å². The van der Waals surface area contributed by atoms with Crippen LogP contribution in [0, 0.1) is 0 Å². The Bertz CT molecular complexity index is 263. The van der Waals surface area contributed by atoms with Gasteiger partial charge in [0.15, 0.2) is 0 Å². The molecule has 0 radical (unpaired) electrons. The third-order valence-electron chi connectivity index (χ3n) is 1.91. The number of aromatic nitrogens is 1. The van der Waals surface area contributed by atoms with Crippen molar-refractivity contribution >= 4 is 0 Å². The van der Waals surface area contributed by atoms with Gasteiger partial charge in [-0.25, -0.2) is 0 Å². The van der Waals surface area contributed by atoms with Gasteiger partial charge < -0.3 is 10.5 Å². The van der Waals surface area contributed by atoms with E-state index < -0.39 is 0 Å². The van der Waals surface area contributed by atoms with Crippen molar-refractivity contribution in [1.29, 1.82) is 0 Å². The predicted molar refractivity (Wildman–Crippen MR) is 52.5 cm³/mol. The number of rotatable bonds is 4. The Morgan fingerprint density at radius 2 is 2.38 bits per heavy atom. The summed E-state index contributed by atoms with van der Waals surface area (Å²) in [6.45, 7) is 4.59. The molecule has 0 aliphatic heterocycles. The molecule has 1 aromatic rings. The van der Waals surface area contributed by atoms with Crippen LogP contribution in [0.15, 0.2) is 18.3 Å². The molecule has 1 heterocycles. The van der Waals surface area contributed by atoms with E-state index in [0.717, 1.165) is 17.9 Å². The van der Waals surface area contributed by atoms with Crippen LogP contribution >= 0.6 is 0 Å². The highest BCUT2D eigenvalue weighted by molar-refractivity contribution is 5.22. The molecule has 0 spiro atoms. The van der Waals surface area contributed by atoms with Crippen LogP contribution in [0.3, 0.4) is 0 Å². The van der Waals surface area contributed by atoms with Gasteiger partial charge in [-0.2, -0.15) is 0 Å². The van der Waals surface area contributed by atoms with E-state index in [9.17, 15) is 0 Å². The molecule has 2 N–H and O–H groups in total. The van der Waals surface area contributed by atoms with Crippen LogP contribution in [0.4, 0.5) is 0 Å². The molecule has 3 heteroatoms. The summed E-state index contributed by atoms with van der Waals surface area (Å²) < 4.78 is 5.61. The summed E-state index contributed by atoms with van der Waals surface area (Å²) >= 11 is 0. The molecule has 1 aromatic heterocycles. The Hall–Kier alpha value is -1.09. The molecule has 1 unspecified atom stereocenters. The highest BCUT2D eigenvalue weighted by Gasteiger charge is 2.01. The molecule has 0 aromatic carbocycles. The SMILES string of the molecule is CCC(C)Oc1ccnc(CN)c1. The largest absolute Gasteiger partial charge is 0.491 e. The van der Waals surface area contributed by atoms with Gasteiger partial charge in [0.25, 0.3) is 0 Å². The maximum absolute atomic E-state index is 5.61. The van der Waals surface area contributed by atoms with Crippen LogP contribution in [0.5, 0.6) is 5.75 Å². The zero-order valence-electron chi connectivity index (χ0n) is 8.16. The normalized spacial score (nSPS) is 12.5. The lowest BCUT2D eigenvalue weighted by molar-refractivity contribution is 0.217. The summed E-state index contributed by atoms with van der Waals surface area (Å²) in [5, 5.41) is 0. The number of pyridine rings is 1. The van der Waals surface area contributed by atoms with E-state index in [0.29, 0.717) is 6.54 Å². The average Bonchev–Trinajstić information content (AvgIpc) is 2.18. The van der Waals surface area contributed by atoms with E-state index in [4.69, 9.17) is 10.5 Å². The Labute approximate surface area is 78.9 Å². The first kappa shape index (κ1) is 9.99. The number of nitrogens with two attached hydrogens (primary N) is 1. The average molecular weight is 180 g/mol. The van der Waals surface area contributed by atoms with Gasteiger partial charge in [0, 0.05) is 18.8 Å². The third-order valence-corrected chi connectivity index (χ3v) is 1.91. The van der Waals surface area contributed by atoms with Crippen LogP contribution in [0.25, 0.3) is 0 Å². The first-order valence-electron chi connectivity index (χ1n) is 4.58. The Morgan fingerprint density at radius 3 is 3.00 bits per heavy atom. The van der Waals surface area contributed by atoms with Gasteiger partial charge in [0.05, 0.1) is 11.8 Å². The van der Waals surface area contributed by atoms with Crippen molar-refractivity contribution in [3.05, 3.63) is 24.0 Å². The monoisotopic (exact) mass is 180 g/mol. The highest BCUT2D eigenvalue weighted by atomic mass is 16.5. The fraction of sp³-hybridized carbons (Fsp3) is 0.500. The summed E-state index contributed by atoms with van der Waals surface area (Å²) in [5.41, 5.74) is 6.33. The second-order valence-electron chi connectivity index (χ2n) is 3.02. The number of hydrogen-bond acceptors (Lipinski definition) is 3. The molecule has 3 nitrogen and oxygen atoms in total.